The summed E-state index contributed by atoms with van der Waals surface area (Å²) in [5.41, 5.74) is 3.07. The maximum Gasteiger partial charge on any atom is 1.00 e. The summed E-state index contributed by atoms with van der Waals surface area (Å²) >= 11 is 1.80. The Morgan fingerprint density at radius 2 is 1.84 bits per heavy atom. The number of aliphatic hydroxyl groups is 2. The van der Waals surface area contributed by atoms with E-state index in [1.54, 1.807) is 29.5 Å². The van der Waals surface area contributed by atoms with Crippen LogP contribution in [0.15, 0.2) is 30.3 Å². The Morgan fingerprint density at radius 3 is 2.41 bits per heavy atom. The van der Waals surface area contributed by atoms with Crippen molar-refractivity contribution < 1.29 is 54.1 Å². The first-order valence-electron chi connectivity index (χ1n) is 10.9. The van der Waals surface area contributed by atoms with E-state index in [-0.39, 0.29) is 47.7 Å². The van der Waals surface area contributed by atoms with E-state index < -0.39 is 24.6 Å². The van der Waals surface area contributed by atoms with Crippen molar-refractivity contribution in [1.82, 2.24) is 0 Å². The van der Waals surface area contributed by atoms with Crippen molar-refractivity contribution in [3.63, 3.8) is 0 Å². The summed E-state index contributed by atoms with van der Waals surface area (Å²) in [4.78, 5) is 13.2. The van der Waals surface area contributed by atoms with Crippen LogP contribution in [0.5, 0.6) is 0 Å². The van der Waals surface area contributed by atoms with E-state index in [4.69, 9.17) is 0 Å². The van der Waals surface area contributed by atoms with Gasteiger partial charge in [-0.25, -0.2) is 4.39 Å². The van der Waals surface area contributed by atoms with Crippen LogP contribution in [-0.2, 0) is 4.79 Å². The number of thiophene rings is 1. The van der Waals surface area contributed by atoms with Crippen LogP contribution in [0.25, 0.3) is 17.2 Å². The summed E-state index contributed by atoms with van der Waals surface area (Å²) < 4.78 is 13.6. The smallest absolute Gasteiger partial charge is 0.550 e. The minimum absolute atomic E-state index is 0. The second-order valence-electron chi connectivity index (χ2n) is 8.65. The Bertz CT molecular complexity index is 917. The molecule has 0 saturated heterocycles. The van der Waals surface area contributed by atoms with Crippen LogP contribution in [0.1, 0.15) is 79.5 Å². The Morgan fingerprint density at radius 1 is 1.22 bits per heavy atom. The number of aliphatic hydroxyl groups excluding tert-OH is 2. The van der Waals surface area contributed by atoms with E-state index in [0.29, 0.717) is 5.92 Å². The molecule has 0 unspecified atom stereocenters. The van der Waals surface area contributed by atoms with Crippen LogP contribution in [0.2, 0.25) is 0 Å². The number of carbonyl (C=O) groups excluding carboxylic acids is 1. The monoisotopic (exact) mass is 468 g/mol. The molecule has 0 amide bonds. The van der Waals surface area contributed by atoms with Gasteiger partial charge in [0, 0.05) is 34.1 Å². The normalized spacial score (nSPS) is 16.4. The van der Waals surface area contributed by atoms with Crippen LogP contribution < -0.4 is 34.7 Å². The molecule has 0 bridgehead atoms. The van der Waals surface area contributed by atoms with Gasteiger partial charge in [-0.15, -0.1) is 11.3 Å². The first-order valence-corrected chi connectivity index (χ1v) is 11.7. The number of aliphatic carboxylic acids is 1. The van der Waals surface area contributed by atoms with Crippen molar-refractivity contribution in [1.29, 1.82) is 0 Å². The van der Waals surface area contributed by atoms with Gasteiger partial charge < -0.3 is 20.1 Å². The fourth-order valence-corrected chi connectivity index (χ4v) is 5.79. The molecule has 1 aromatic carbocycles. The number of carboxylic acids is 1. The minimum Gasteiger partial charge on any atom is -0.550 e. The van der Waals surface area contributed by atoms with Gasteiger partial charge in [-0.2, -0.15) is 0 Å². The third-order valence-corrected chi connectivity index (χ3v) is 7.45. The predicted molar refractivity (Wildman–Crippen MR) is 120 cm³/mol. The van der Waals surface area contributed by atoms with Gasteiger partial charge in [-0.05, 0) is 47.9 Å². The zero-order valence-electron chi connectivity index (χ0n) is 19.0. The quantitative estimate of drug-likeness (QED) is 0.548. The molecular formula is C25H30FNaO4S. The zero-order valence-corrected chi connectivity index (χ0v) is 21.8. The number of hydrogen-bond donors (Lipinski definition) is 2. The fourth-order valence-electron chi connectivity index (χ4n) is 4.30. The molecular weight excluding hydrogens is 438 g/mol. The van der Waals surface area contributed by atoms with Crippen LogP contribution >= 0.6 is 11.3 Å². The van der Waals surface area contributed by atoms with Crippen LogP contribution in [0, 0.1) is 5.82 Å². The Hall–Kier alpha value is -1.02. The van der Waals surface area contributed by atoms with Crippen LogP contribution in [-0.4, -0.2) is 28.4 Å². The standard InChI is InChI=1S/C25H31FO4S.Na/c1-15(2)24-21(12-11-19(27)13-20(28)14-22(29)30)23(16-7-9-18(26)10-8-16)25(31-24)17-5-3-4-6-17;/h7-12,15,17,19-20,27-28H,3-6,13-14H2,1-2H3,(H,29,30);/q;+1/p-1/b12-11+;/t19-,20-;/m1./s1. The molecule has 3 rings (SSSR count). The van der Waals surface area contributed by atoms with E-state index in [1.165, 1.54) is 34.7 Å². The Balaban J connectivity index is 0.00000363. The van der Waals surface area contributed by atoms with E-state index in [0.717, 1.165) is 29.5 Å². The summed E-state index contributed by atoms with van der Waals surface area (Å²) in [5.74, 6) is -0.859. The predicted octanol–water partition coefficient (Wildman–Crippen LogP) is 1.60. The number of rotatable bonds is 9. The van der Waals surface area contributed by atoms with Crippen molar-refractivity contribution in [2.75, 3.05) is 0 Å². The van der Waals surface area contributed by atoms with Crippen molar-refractivity contribution in [3.8, 4) is 11.1 Å². The summed E-state index contributed by atoms with van der Waals surface area (Å²) in [7, 11) is 0. The molecule has 1 aliphatic rings. The van der Waals surface area contributed by atoms with Gasteiger partial charge in [-0.1, -0.05) is 51.0 Å². The van der Waals surface area contributed by atoms with Crippen molar-refractivity contribution in [2.24, 2.45) is 0 Å². The molecule has 32 heavy (non-hydrogen) atoms. The SMILES string of the molecule is CC(C)c1sc(C2CCCC2)c(-c2ccc(F)cc2)c1/C=C/[C@@H](O)C[C@@H](O)CC(=O)[O-].[Na+]. The Kier molecular flexibility index (Phi) is 10.6. The molecule has 7 heteroatoms. The van der Waals surface area contributed by atoms with Gasteiger partial charge in [0.1, 0.15) is 5.82 Å². The number of carbonyl (C=O) groups is 1. The first kappa shape index (κ1) is 27.2. The van der Waals surface area contributed by atoms with Crippen LogP contribution in [0.3, 0.4) is 0 Å². The molecule has 1 aromatic heterocycles. The average molecular weight is 469 g/mol. The van der Waals surface area contributed by atoms with Gasteiger partial charge in [0.15, 0.2) is 0 Å². The van der Waals surface area contributed by atoms with Gasteiger partial charge in [-0.3, -0.25) is 0 Å². The van der Waals surface area contributed by atoms with E-state index >= 15 is 0 Å². The molecule has 0 aliphatic heterocycles. The zero-order chi connectivity index (χ0) is 22.5. The third kappa shape index (κ3) is 6.99. The summed E-state index contributed by atoms with van der Waals surface area (Å²) in [6, 6.07) is 6.55. The molecule has 1 fully saturated rings. The Labute approximate surface area is 215 Å². The largest absolute Gasteiger partial charge is 1.00 e. The topological polar surface area (TPSA) is 80.6 Å². The molecule has 0 spiro atoms. The summed E-state index contributed by atoms with van der Waals surface area (Å²) in [6.07, 6.45) is 5.47. The summed E-state index contributed by atoms with van der Waals surface area (Å²) in [6.45, 7) is 4.27. The maximum absolute atomic E-state index is 13.6. The van der Waals surface area contributed by atoms with E-state index in [9.17, 15) is 24.5 Å². The van der Waals surface area contributed by atoms with Gasteiger partial charge in [0.2, 0.25) is 0 Å². The minimum atomic E-state index is -1.34. The van der Waals surface area contributed by atoms with Gasteiger partial charge in [0.25, 0.3) is 0 Å². The maximum atomic E-state index is 13.6. The second-order valence-corrected chi connectivity index (χ2v) is 9.74. The molecule has 1 aliphatic carbocycles. The van der Waals surface area contributed by atoms with Gasteiger partial charge >= 0.3 is 29.6 Å². The van der Waals surface area contributed by atoms with Crippen molar-refractivity contribution >= 4 is 23.4 Å². The number of carboxylic acid groups (broad SMARTS) is 1. The average Bonchev–Trinajstić information content (AvgIpc) is 3.34. The molecule has 1 heterocycles. The fraction of sp³-hybridized carbons (Fsp3) is 0.480. The van der Waals surface area contributed by atoms with Crippen LogP contribution in [0.4, 0.5) is 4.39 Å². The third-order valence-electron chi connectivity index (χ3n) is 5.79. The van der Waals surface area contributed by atoms with E-state index in [1.807, 2.05) is 6.08 Å². The first-order chi connectivity index (χ1) is 14.8. The number of hydrogen-bond acceptors (Lipinski definition) is 5. The number of halogens is 1. The molecule has 2 aromatic rings. The number of benzene rings is 1. The van der Waals surface area contributed by atoms with E-state index in [2.05, 4.69) is 13.8 Å². The molecule has 4 nitrogen and oxygen atoms in total. The second kappa shape index (κ2) is 12.4. The van der Waals surface area contributed by atoms with Gasteiger partial charge in [0.05, 0.1) is 12.2 Å². The van der Waals surface area contributed by atoms with Crippen molar-refractivity contribution in [3.05, 3.63) is 51.5 Å². The summed E-state index contributed by atoms with van der Waals surface area (Å²) in [5, 5.41) is 30.8. The molecule has 0 radical (unpaired) electrons. The molecule has 2 atom stereocenters. The molecule has 168 valence electrons. The molecule has 2 N–H and O–H groups in total. The molecule has 1 saturated carbocycles. The van der Waals surface area contributed by atoms with Crippen molar-refractivity contribution in [2.45, 2.75) is 76.4 Å².